The van der Waals surface area contributed by atoms with Crippen LogP contribution >= 0.6 is 0 Å². The Morgan fingerprint density at radius 1 is 1.15 bits per heavy atom. The van der Waals surface area contributed by atoms with Crippen molar-refractivity contribution < 1.29 is 9.84 Å². The van der Waals surface area contributed by atoms with E-state index in [0.717, 1.165) is 73.4 Å². The Morgan fingerprint density at radius 2 is 1.97 bits per heavy atom. The molecule has 0 saturated heterocycles. The molecule has 3 aliphatic carbocycles. The molecule has 2 bridgehead atoms. The lowest BCUT2D eigenvalue weighted by Gasteiger charge is -2.48. The number of aliphatic hydroxyl groups is 1. The first-order valence-electron chi connectivity index (χ1n) is 12.7. The molecule has 0 spiro atoms. The molecule has 2 aromatic carbocycles. The van der Waals surface area contributed by atoms with Crippen LogP contribution < -0.4 is 4.74 Å². The number of aryl methyl sites for hydroxylation is 2. The molecule has 0 radical (unpaired) electrons. The van der Waals surface area contributed by atoms with E-state index in [9.17, 15) is 5.11 Å². The van der Waals surface area contributed by atoms with Gasteiger partial charge in [-0.15, -0.1) is 0 Å². The first-order chi connectivity index (χ1) is 16.5. The largest absolute Gasteiger partial charge is 0.494 e. The second kappa shape index (κ2) is 9.55. The van der Waals surface area contributed by atoms with Crippen LogP contribution in [-0.4, -0.2) is 52.8 Å². The van der Waals surface area contributed by atoms with Gasteiger partial charge in [0.25, 0.3) is 0 Å². The van der Waals surface area contributed by atoms with Crippen molar-refractivity contribution in [2.24, 2.45) is 11.8 Å². The number of fused-ring (bicyclic) bond motifs is 3. The molecule has 3 aromatic rings. The third-order valence-electron chi connectivity index (χ3n) is 8.00. The van der Waals surface area contributed by atoms with Crippen LogP contribution in [0.5, 0.6) is 5.75 Å². The summed E-state index contributed by atoms with van der Waals surface area (Å²) in [4.78, 5) is 10.6. The molecule has 1 aromatic heterocycles. The number of nitrogens with zero attached hydrogens (tertiary/aromatic N) is 2. The Balaban J connectivity index is 1.14. The van der Waals surface area contributed by atoms with Gasteiger partial charge in [0.1, 0.15) is 17.1 Å². The van der Waals surface area contributed by atoms with Crippen molar-refractivity contribution in [3.63, 3.8) is 0 Å². The molecule has 180 valence electrons. The van der Waals surface area contributed by atoms with Gasteiger partial charge >= 0.3 is 0 Å². The molecule has 1 heterocycles. The minimum Gasteiger partial charge on any atom is -0.494 e. The monoisotopic (exact) mass is 459 g/mol. The Morgan fingerprint density at radius 3 is 2.71 bits per heavy atom. The van der Waals surface area contributed by atoms with E-state index < -0.39 is 5.60 Å². The number of methoxy groups -OCH3 is 1. The molecule has 6 rings (SSSR count). The Hall–Kier alpha value is -2.63. The molecule has 34 heavy (non-hydrogen) atoms. The number of allylic oxidation sites excluding steroid dienone is 1. The zero-order valence-electron chi connectivity index (χ0n) is 20.7. The number of ether oxygens (including phenoxy) is 1. The van der Waals surface area contributed by atoms with Crippen LogP contribution in [0.2, 0.25) is 0 Å². The fourth-order valence-corrected chi connectivity index (χ4v) is 5.99. The number of nitrogens with one attached hydrogen (secondary N) is 1. The van der Waals surface area contributed by atoms with E-state index in [1.54, 1.807) is 7.11 Å². The summed E-state index contributed by atoms with van der Waals surface area (Å²) in [6.07, 6.45) is 8.35. The van der Waals surface area contributed by atoms with Gasteiger partial charge < -0.3 is 19.7 Å². The fourth-order valence-electron chi connectivity index (χ4n) is 5.99. The van der Waals surface area contributed by atoms with Crippen molar-refractivity contribution in [3.8, 4) is 5.75 Å². The third kappa shape index (κ3) is 4.51. The quantitative estimate of drug-likeness (QED) is 0.451. The van der Waals surface area contributed by atoms with Gasteiger partial charge in [-0.25, -0.2) is 4.98 Å². The average molecular weight is 460 g/mol. The highest BCUT2D eigenvalue weighted by atomic mass is 16.5. The summed E-state index contributed by atoms with van der Waals surface area (Å²) in [6.45, 7) is 3.99. The average Bonchev–Trinajstić information content (AvgIpc) is 3.29. The summed E-state index contributed by atoms with van der Waals surface area (Å²) in [5.74, 6) is 2.61. The number of aromatic amines is 1. The molecule has 3 atom stereocenters. The molecule has 1 saturated carbocycles. The highest BCUT2D eigenvalue weighted by Gasteiger charge is 2.46. The molecule has 5 heteroatoms. The zero-order valence-corrected chi connectivity index (χ0v) is 20.7. The van der Waals surface area contributed by atoms with Gasteiger partial charge in [0, 0.05) is 18.9 Å². The van der Waals surface area contributed by atoms with E-state index in [0.29, 0.717) is 5.92 Å². The first-order valence-corrected chi connectivity index (χ1v) is 12.7. The van der Waals surface area contributed by atoms with Crippen molar-refractivity contribution in [1.82, 2.24) is 14.9 Å². The number of H-pyrrole nitrogens is 1. The summed E-state index contributed by atoms with van der Waals surface area (Å²) in [5, 5.41) is 11.5. The molecule has 5 nitrogen and oxygen atoms in total. The summed E-state index contributed by atoms with van der Waals surface area (Å²) < 4.78 is 5.48. The summed E-state index contributed by atoms with van der Waals surface area (Å²) >= 11 is 0. The molecular weight excluding hydrogens is 422 g/mol. The van der Waals surface area contributed by atoms with Gasteiger partial charge in [0.2, 0.25) is 0 Å². The fraction of sp³-hybridized carbons (Fsp3) is 0.483. The highest BCUT2D eigenvalue weighted by molar-refractivity contribution is 5.84. The number of imidazole rings is 1. The summed E-state index contributed by atoms with van der Waals surface area (Å²) in [5.41, 5.74) is 5.36. The molecule has 0 amide bonds. The molecule has 0 unspecified atom stereocenters. The minimum absolute atomic E-state index is 0.273. The lowest BCUT2D eigenvalue weighted by Crippen LogP contribution is -2.48. The minimum atomic E-state index is -0.567. The van der Waals surface area contributed by atoms with Crippen LogP contribution in [0.3, 0.4) is 0 Å². The predicted molar refractivity (Wildman–Crippen MR) is 138 cm³/mol. The maximum absolute atomic E-state index is 11.5. The predicted octanol–water partition coefficient (Wildman–Crippen LogP) is 5.38. The molecular formula is C29H37N3O2. The molecule has 3 aliphatic rings. The maximum Gasteiger partial charge on any atom is 0.144 e. The van der Waals surface area contributed by atoms with E-state index in [4.69, 9.17) is 9.72 Å². The van der Waals surface area contributed by atoms with Gasteiger partial charge in [0.05, 0.1) is 18.2 Å². The van der Waals surface area contributed by atoms with Gasteiger partial charge in [-0.05, 0) is 81.3 Å². The van der Waals surface area contributed by atoms with Crippen molar-refractivity contribution in [2.45, 2.75) is 51.0 Å². The van der Waals surface area contributed by atoms with E-state index in [2.05, 4.69) is 66.3 Å². The Kier molecular flexibility index (Phi) is 6.50. The van der Waals surface area contributed by atoms with Crippen LogP contribution in [-0.2, 0) is 6.42 Å². The number of hydrogen-bond donors (Lipinski definition) is 2. The van der Waals surface area contributed by atoms with E-state index in [1.807, 2.05) is 6.07 Å². The lowest BCUT2D eigenvalue weighted by atomic mass is 9.61. The van der Waals surface area contributed by atoms with Gasteiger partial charge in [0.15, 0.2) is 0 Å². The molecule has 2 N–H and O–H groups in total. The van der Waals surface area contributed by atoms with Crippen LogP contribution in [0.1, 0.15) is 49.1 Å². The number of aromatic nitrogens is 2. The number of hydrogen-bond acceptors (Lipinski definition) is 4. The lowest BCUT2D eigenvalue weighted by molar-refractivity contribution is -0.0574. The SMILES string of the molecule is COc1ccc(C)c2nc(CCCN(C)CC[C@@]3(O)C[C@@H]4CC[C@H]3C=C4c3ccccc3)[nH]c12. The van der Waals surface area contributed by atoms with E-state index in [-0.39, 0.29) is 5.92 Å². The zero-order chi connectivity index (χ0) is 23.7. The standard InChI is InChI=1S/C29H37N3O2/c1-20-11-14-25(34-3)28-27(20)30-26(31-28)10-7-16-32(2)17-15-29(33)19-22-12-13-23(29)18-24(22)21-8-5-4-6-9-21/h4-6,8-9,11,14,18,22-23,33H,7,10,12-13,15-17,19H2,1-3H3,(H,30,31)/t22-,23-,29+/m0/s1. The summed E-state index contributed by atoms with van der Waals surface area (Å²) in [6, 6.07) is 14.8. The van der Waals surface area contributed by atoms with Crippen LogP contribution in [0.15, 0.2) is 48.5 Å². The van der Waals surface area contributed by atoms with Crippen molar-refractivity contribution in [3.05, 3.63) is 65.5 Å². The highest BCUT2D eigenvalue weighted by Crippen LogP contribution is 2.51. The van der Waals surface area contributed by atoms with Crippen LogP contribution in [0.25, 0.3) is 16.6 Å². The van der Waals surface area contributed by atoms with E-state index >= 15 is 0 Å². The first kappa shape index (κ1) is 23.1. The summed E-state index contributed by atoms with van der Waals surface area (Å²) in [7, 11) is 3.87. The smallest absolute Gasteiger partial charge is 0.144 e. The molecule has 0 aliphatic heterocycles. The van der Waals surface area contributed by atoms with Crippen molar-refractivity contribution in [1.29, 1.82) is 0 Å². The van der Waals surface area contributed by atoms with Crippen molar-refractivity contribution >= 4 is 16.6 Å². The van der Waals surface area contributed by atoms with Gasteiger partial charge in [-0.1, -0.05) is 42.5 Å². The number of benzene rings is 2. The third-order valence-corrected chi connectivity index (χ3v) is 8.00. The van der Waals surface area contributed by atoms with Gasteiger partial charge in [-0.3, -0.25) is 0 Å². The Labute approximate surface area is 202 Å². The Bertz CT molecular complexity index is 1170. The normalized spacial score (nSPS) is 24.1. The topological polar surface area (TPSA) is 61.4 Å². The number of rotatable bonds is 9. The maximum atomic E-state index is 11.5. The second-order valence-electron chi connectivity index (χ2n) is 10.3. The van der Waals surface area contributed by atoms with Gasteiger partial charge in [-0.2, -0.15) is 0 Å². The molecule has 1 fully saturated rings. The van der Waals surface area contributed by atoms with Crippen molar-refractivity contribution in [2.75, 3.05) is 27.2 Å². The van der Waals surface area contributed by atoms with E-state index in [1.165, 1.54) is 17.6 Å². The van der Waals surface area contributed by atoms with Crippen LogP contribution in [0, 0.1) is 18.8 Å². The second-order valence-corrected chi connectivity index (χ2v) is 10.3. The van der Waals surface area contributed by atoms with Crippen LogP contribution in [0.4, 0.5) is 0 Å².